The van der Waals surface area contributed by atoms with Crippen LogP contribution in [0.5, 0.6) is 0 Å². The van der Waals surface area contributed by atoms with Gasteiger partial charge >= 0.3 is 62.6 Å². The summed E-state index contributed by atoms with van der Waals surface area (Å²) in [5.74, 6) is 0. The van der Waals surface area contributed by atoms with Crippen molar-refractivity contribution in [3.05, 3.63) is 0 Å². The minimum atomic E-state index is 0. The summed E-state index contributed by atoms with van der Waals surface area (Å²) in [6.07, 6.45) is 0. The molecule has 0 rings (SSSR count). The Morgan fingerprint density at radius 1 is 0.800 bits per heavy atom. The van der Waals surface area contributed by atoms with Crippen molar-refractivity contribution in [2.75, 3.05) is 0 Å². The molecule has 0 saturated heterocycles. The standard InChI is InChI=1S/Fe.2O.Sr.U/q+2;2*-2;+2;. The van der Waals surface area contributed by atoms with E-state index in [0.717, 1.165) is 0 Å². The summed E-state index contributed by atoms with van der Waals surface area (Å²) in [5.41, 5.74) is 0. The fourth-order valence-corrected chi connectivity index (χ4v) is 0. The number of rotatable bonds is 0. The van der Waals surface area contributed by atoms with Crippen LogP contribution in [0.2, 0.25) is 0 Å². The monoisotopic (exact) mass is 414 g/mol. The summed E-state index contributed by atoms with van der Waals surface area (Å²) in [5, 5.41) is 0. The third kappa shape index (κ3) is 19.5. The van der Waals surface area contributed by atoms with Gasteiger partial charge in [-0.3, -0.25) is 0 Å². The molecule has 0 radical (unpaired) electrons. The first-order valence-electron chi connectivity index (χ1n) is 0. The maximum absolute atomic E-state index is 0. The van der Waals surface area contributed by atoms with E-state index in [9.17, 15) is 0 Å². The van der Waals surface area contributed by atoms with Gasteiger partial charge in [-0.1, -0.05) is 0 Å². The Labute approximate surface area is 102 Å². The Kier molecular flexibility index (Phi) is 247. The Hall–Kier alpha value is 2.97. The van der Waals surface area contributed by atoms with Crippen molar-refractivity contribution >= 4 is 45.5 Å². The molecule has 0 spiro atoms. The van der Waals surface area contributed by atoms with Crippen molar-refractivity contribution in [1.82, 2.24) is 0 Å². The van der Waals surface area contributed by atoms with Crippen LogP contribution in [0.3, 0.4) is 0 Å². The summed E-state index contributed by atoms with van der Waals surface area (Å²) in [6.45, 7) is 0. The summed E-state index contributed by atoms with van der Waals surface area (Å²) < 4.78 is 0. The predicted molar refractivity (Wildman–Crippen MR) is 7.13 cm³/mol. The summed E-state index contributed by atoms with van der Waals surface area (Å²) >= 11 is 0. The van der Waals surface area contributed by atoms with Crippen LogP contribution >= 0.6 is 0 Å². The van der Waals surface area contributed by atoms with Gasteiger partial charge in [0.1, 0.15) is 0 Å². The minimum Gasteiger partial charge on any atom is -2.00 e. The van der Waals surface area contributed by atoms with Gasteiger partial charge in [-0.2, -0.15) is 0 Å². The van der Waals surface area contributed by atoms with Crippen LogP contribution in [0.25, 0.3) is 0 Å². The van der Waals surface area contributed by atoms with E-state index in [1.54, 1.807) is 0 Å². The Morgan fingerprint density at radius 3 is 0.800 bits per heavy atom. The fraction of sp³-hybridized carbons (Fsp3) is 0. The van der Waals surface area contributed by atoms with Gasteiger partial charge in [-0.05, 0) is 0 Å². The van der Waals surface area contributed by atoms with Crippen LogP contribution in [0.4, 0.5) is 0 Å². The van der Waals surface area contributed by atoms with Gasteiger partial charge in [0.15, 0.2) is 0 Å². The molecule has 26 valence electrons. The van der Waals surface area contributed by atoms with Crippen molar-refractivity contribution in [2.45, 2.75) is 0 Å². The second kappa shape index (κ2) is 28.2. The van der Waals surface area contributed by atoms with E-state index >= 15 is 0 Å². The molecule has 0 bridgehead atoms. The quantitative estimate of drug-likeness (QED) is 0.476. The van der Waals surface area contributed by atoms with Crippen LogP contribution in [0, 0.1) is 31.1 Å². The van der Waals surface area contributed by atoms with Crippen LogP contribution in [-0.4, -0.2) is 45.5 Å². The molecule has 0 aliphatic rings. The molecular weight excluding hydrogens is 413 g/mol. The Morgan fingerprint density at radius 2 is 0.800 bits per heavy atom. The largest absolute Gasteiger partial charge is 2.00 e. The van der Waals surface area contributed by atoms with E-state index in [1.165, 1.54) is 0 Å². The predicted octanol–water partition coefficient (Wildman–Crippen LogP) is -0.621. The maximum Gasteiger partial charge on any atom is 2.00 e. The van der Waals surface area contributed by atoms with E-state index in [-0.39, 0.29) is 105 Å². The van der Waals surface area contributed by atoms with Gasteiger partial charge in [-0.25, -0.2) is 0 Å². The molecular formula is FeO2SrU. The van der Waals surface area contributed by atoms with Crippen LogP contribution < -0.4 is 0 Å². The zero-order chi connectivity index (χ0) is 0. The molecule has 5 heteroatoms. The molecule has 0 aromatic rings. The van der Waals surface area contributed by atoms with E-state index in [2.05, 4.69) is 0 Å². The summed E-state index contributed by atoms with van der Waals surface area (Å²) in [6, 6.07) is 0. The molecule has 0 aromatic heterocycles. The Balaban J connectivity index is 0. The van der Waals surface area contributed by atoms with Crippen molar-refractivity contribution < 1.29 is 59.1 Å². The number of hydrogen-bond donors (Lipinski definition) is 0. The van der Waals surface area contributed by atoms with Crippen LogP contribution in [-0.2, 0) is 28.0 Å². The van der Waals surface area contributed by atoms with Gasteiger partial charge in [0.05, 0.1) is 0 Å². The summed E-state index contributed by atoms with van der Waals surface area (Å²) in [7, 11) is 0. The molecule has 5 heavy (non-hydrogen) atoms. The first-order chi connectivity index (χ1) is 0. The van der Waals surface area contributed by atoms with Gasteiger partial charge in [0, 0.05) is 31.1 Å². The van der Waals surface area contributed by atoms with E-state index in [4.69, 9.17) is 0 Å². The molecule has 0 fully saturated rings. The van der Waals surface area contributed by atoms with E-state index in [0.29, 0.717) is 0 Å². The molecule has 0 aliphatic heterocycles. The van der Waals surface area contributed by atoms with Gasteiger partial charge in [-0.15, -0.1) is 0 Å². The molecule has 0 amide bonds. The molecule has 2 nitrogen and oxygen atoms in total. The van der Waals surface area contributed by atoms with Crippen molar-refractivity contribution in [1.29, 1.82) is 0 Å². The molecule has 0 N–H and O–H groups in total. The second-order valence-electron chi connectivity index (χ2n) is 0. The van der Waals surface area contributed by atoms with E-state index < -0.39 is 0 Å². The first kappa shape index (κ1) is 43.9. The maximum atomic E-state index is 0. The molecule has 0 saturated carbocycles. The zero-order valence-electron chi connectivity index (χ0n) is 2.38. The average Bonchev–Trinajstić information content (AvgIpc) is 0. The third-order valence-electron chi connectivity index (χ3n) is 0. The van der Waals surface area contributed by atoms with E-state index in [1.807, 2.05) is 0 Å². The molecule has 0 unspecified atom stereocenters. The van der Waals surface area contributed by atoms with Gasteiger partial charge < -0.3 is 11.0 Å². The fourth-order valence-electron chi connectivity index (χ4n) is 0. The van der Waals surface area contributed by atoms with Crippen LogP contribution in [0.15, 0.2) is 0 Å². The van der Waals surface area contributed by atoms with Gasteiger partial charge in [0.25, 0.3) is 0 Å². The summed E-state index contributed by atoms with van der Waals surface area (Å²) in [4.78, 5) is 0. The van der Waals surface area contributed by atoms with Crippen LogP contribution in [0.1, 0.15) is 0 Å². The minimum absolute atomic E-state index is 0. The molecule has 0 aliphatic carbocycles. The first-order valence-corrected chi connectivity index (χ1v) is 0. The molecule has 0 heterocycles. The topological polar surface area (TPSA) is 57.0 Å². The van der Waals surface area contributed by atoms with Crippen molar-refractivity contribution in [3.63, 3.8) is 0 Å². The van der Waals surface area contributed by atoms with Crippen molar-refractivity contribution in [2.24, 2.45) is 0 Å². The third-order valence-corrected chi connectivity index (χ3v) is 0. The molecule has 0 atom stereocenters. The van der Waals surface area contributed by atoms with Gasteiger partial charge in [0.2, 0.25) is 0 Å². The normalized spacial score (nSPS) is 0. The zero-order valence-corrected chi connectivity index (χ0v) is 11.1. The number of hydrogen-bond acceptors (Lipinski definition) is 0. The second-order valence-corrected chi connectivity index (χ2v) is 0. The smallest absolute Gasteiger partial charge is 2.00 e. The molecule has 0 aromatic carbocycles. The Bertz CT molecular complexity index is 9.61. The SMILES string of the molecule is [Fe+2].[O-2].[O-2].[Sr+2].[U]. The average molecular weight is 413 g/mol. The van der Waals surface area contributed by atoms with Crippen molar-refractivity contribution in [3.8, 4) is 0 Å².